The van der Waals surface area contributed by atoms with Gasteiger partial charge in [-0.15, -0.1) is 5.10 Å². The standard InChI is InChI=1S/C13H13N3O/c1-2-11-13-6-4-10-7-9(8-17)3-5-12(10)16(13)15-14-11/h3,5,7-8H,2,4,6H2,1H3. The first kappa shape index (κ1) is 10.2. The minimum Gasteiger partial charge on any atom is -0.298 e. The van der Waals surface area contributed by atoms with Gasteiger partial charge in [-0.1, -0.05) is 12.1 Å². The van der Waals surface area contributed by atoms with Gasteiger partial charge in [0.1, 0.15) is 6.29 Å². The average molecular weight is 227 g/mol. The molecule has 2 heterocycles. The number of aryl methyl sites for hydroxylation is 2. The smallest absolute Gasteiger partial charge is 0.150 e. The number of hydrogen-bond acceptors (Lipinski definition) is 3. The fraction of sp³-hybridized carbons (Fsp3) is 0.308. The first-order chi connectivity index (χ1) is 8.33. The molecular weight excluding hydrogens is 214 g/mol. The van der Waals surface area contributed by atoms with E-state index in [1.54, 1.807) is 0 Å². The molecule has 2 aromatic rings. The van der Waals surface area contributed by atoms with Gasteiger partial charge in [-0.25, -0.2) is 4.68 Å². The van der Waals surface area contributed by atoms with E-state index in [2.05, 4.69) is 17.2 Å². The zero-order chi connectivity index (χ0) is 11.8. The normalized spacial score (nSPS) is 13.0. The first-order valence-electron chi connectivity index (χ1n) is 5.85. The summed E-state index contributed by atoms with van der Waals surface area (Å²) >= 11 is 0. The molecular formula is C13H13N3O. The quantitative estimate of drug-likeness (QED) is 0.734. The van der Waals surface area contributed by atoms with Gasteiger partial charge in [-0.3, -0.25) is 4.79 Å². The fourth-order valence-electron chi connectivity index (χ4n) is 2.39. The van der Waals surface area contributed by atoms with Crippen molar-refractivity contribution in [3.63, 3.8) is 0 Å². The molecule has 4 heteroatoms. The maximum Gasteiger partial charge on any atom is 0.150 e. The van der Waals surface area contributed by atoms with E-state index in [1.807, 2.05) is 22.9 Å². The second kappa shape index (κ2) is 3.80. The lowest BCUT2D eigenvalue weighted by atomic mass is 9.98. The average Bonchev–Trinajstić information content (AvgIpc) is 2.81. The van der Waals surface area contributed by atoms with Crippen molar-refractivity contribution in [2.45, 2.75) is 26.2 Å². The van der Waals surface area contributed by atoms with Crippen LogP contribution in [0.3, 0.4) is 0 Å². The third-order valence-electron chi connectivity index (χ3n) is 3.28. The SMILES string of the molecule is CCc1nnn2c1CCc1cc(C=O)ccc1-2. The molecule has 0 amide bonds. The number of benzene rings is 1. The Hall–Kier alpha value is -1.97. The molecule has 0 fully saturated rings. The van der Waals surface area contributed by atoms with E-state index in [4.69, 9.17) is 0 Å². The van der Waals surface area contributed by atoms with Crippen LogP contribution in [-0.4, -0.2) is 21.3 Å². The molecule has 17 heavy (non-hydrogen) atoms. The van der Waals surface area contributed by atoms with Gasteiger partial charge in [-0.05, 0) is 43.0 Å². The minimum absolute atomic E-state index is 0.725. The van der Waals surface area contributed by atoms with Crippen molar-refractivity contribution >= 4 is 6.29 Å². The Morgan fingerprint density at radius 1 is 1.41 bits per heavy atom. The molecule has 1 aliphatic heterocycles. The van der Waals surface area contributed by atoms with Crippen LogP contribution in [0.5, 0.6) is 0 Å². The van der Waals surface area contributed by atoms with Crippen molar-refractivity contribution in [2.75, 3.05) is 0 Å². The Morgan fingerprint density at radius 2 is 2.29 bits per heavy atom. The van der Waals surface area contributed by atoms with Crippen LogP contribution in [0.1, 0.15) is 34.2 Å². The summed E-state index contributed by atoms with van der Waals surface area (Å²) in [6, 6.07) is 5.72. The maximum atomic E-state index is 10.8. The highest BCUT2D eigenvalue weighted by Crippen LogP contribution is 2.25. The summed E-state index contributed by atoms with van der Waals surface area (Å²) in [5.41, 5.74) is 5.25. The summed E-state index contributed by atoms with van der Waals surface area (Å²) in [7, 11) is 0. The zero-order valence-electron chi connectivity index (χ0n) is 9.68. The van der Waals surface area contributed by atoms with Crippen molar-refractivity contribution < 1.29 is 4.79 Å². The van der Waals surface area contributed by atoms with E-state index in [0.717, 1.165) is 42.5 Å². The van der Waals surface area contributed by atoms with Gasteiger partial charge in [0.2, 0.25) is 0 Å². The van der Waals surface area contributed by atoms with Crippen LogP contribution in [0.2, 0.25) is 0 Å². The van der Waals surface area contributed by atoms with Crippen LogP contribution in [0.25, 0.3) is 5.69 Å². The second-order valence-electron chi connectivity index (χ2n) is 4.25. The molecule has 86 valence electrons. The third-order valence-corrected chi connectivity index (χ3v) is 3.28. The second-order valence-corrected chi connectivity index (χ2v) is 4.25. The summed E-state index contributed by atoms with van der Waals surface area (Å²) in [6.45, 7) is 2.09. The highest BCUT2D eigenvalue weighted by Gasteiger charge is 2.20. The number of rotatable bonds is 2. The van der Waals surface area contributed by atoms with Gasteiger partial charge in [0.25, 0.3) is 0 Å². The maximum absolute atomic E-state index is 10.8. The number of carbonyl (C=O) groups is 1. The van der Waals surface area contributed by atoms with Crippen molar-refractivity contribution in [1.29, 1.82) is 0 Å². The molecule has 0 atom stereocenters. The number of aldehydes is 1. The molecule has 1 aromatic carbocycles. The first-order valence-corrected chi connectivity index (χ1v) is 5.85. The number of fused-ring (bicyclic) bond motifs is 3. The number of aromatic nitrogens is 3. The van der Waals surface area contributed by atoms with Gasteiger partial charge >= 0.3 is 0 Å². The molecule has 0 aliphatic carbocycles. The molecule has 0 radical (unpaired) electrons. The molecule has 3 rings (SSSR count). The molecule has 0 bridgehead atoms. The number of nitrogens with zero attached hydrogens (tertiary/aromatic N) is 3. The van der Waals surface area contributed by atoms with E-state index in [0.29, 0.717) is 0 Å². The molecule has 0 spiro atoms. The highest BCUT2D eigenvalue weighted by atomic mass is 16.1. The topological polar surface area (TPSA) is 47.8 Å². The minimum atomic E-state index is 0.725. The molecule has 0 N–H and O–H groups in total. The molecule has 4 nitrogen and oxygen atoms in total. The Labute approximate surface area is 99.3 Å². The van der Waals surface area contributed by atoms with Crippen molar-refractivity contribution in [3.05, 3.63) is 40.7 Å². The van der Waals surface area contributed by atoms with E-state index in [9.17, 15) is 4.79 Å². The third kappa shape index (κ3) is 1.48. The molecule has 1 aromatic heterocycles. The predicted octanol–water partition coefficient (Wildman–Crippen LogP) is 1.74. The Balaban J connectivity index is 2.17. The lowest BCUT2D eigenvalue weighted by Gasteiger charge is -2.18. The van der Waals surface area contributed by atoms with Crippen molar-refractivity contribution in [1.82, 2.24) is 15.0 Å². The molecule has 0 saturated heterocycles. The molecule has 1 aliphatic rings. The van der Waals surface area contributed by atoms with Crippen LogP contribution in [0, 0.1) is 0 Å². The lowest BCUT2D eigenvalue weighted by molar-refractivity contribution is 0.112. The highest BCUT2D eigenvalue weighted by molar-refractivity contribution is 5.76. The van der Waals surface area contributed by atoms with E-state index >= 15 is 0 Å². The van der Waals surface area contributed by atoms with Gasteiger partial charge in [-0.2, -0.15) is 0 Å². The van der Waals surface area contributed by atoms with E-state index in [-0.39, 0.29) is 0 Å². The van der Waals surface area contributed by atoms with Crippen LogP contribution >= 0.6 is 0 Å². The number of carbonyl (C=O) groups excluding carboxylic acids is 1. The summed E-state index contributed by atoms with van der Waals surface area (Å²) in [4.78, 5) is 10.8. The van der Waals surface area contributed by atoms with Crippen LogP contribution in [0.4, 0.5) is 0 Å². The van der Waals surface area contributed by atoms with Crippen LogP contribution in [0.15, 0.2) is 18.2 Å². The molecule has 0 saturated carbocycles. The monoisotopic (exact) mass is 227 g/mol. The summed E-state index contributed by atoms with van der Waals surface area (Å²) < 4.78 is 1.91. The van der Waals surface area contributed by atoms with Crippen molar-refractivity contribution in [2.24, 2.45) is 0 Å². The Kier molecular flexibility index (Phi) is 2.28. The Bertz CT molecular complexity index is 586. The van der Waals surface area contributed by atoms with Gasteiger partial charge in [0.15, 0.2) is 0 Å². The zero-order valence-corrected chi connectivity index (χ0v) is 9.68. The predicted molar refractivity (Wildman–Crippen MR) is 63.5 cm³/mol. The Morgan fingerprint density at radius 3 is 3.06 bits per heavy atom. The van der Waals surface area contributed by atoms with Gasteiger partial charge in [0, 0.05) is 5.56 Å². The van der Waals surface area contributed by atoms with E-state index < -0.39 is 0 Å². The van der Waals surface area contributed by atoms with Gasteiger partial charge in [0.05, 0.1) is 17.1 Å². The summed E-state index contributed by atoms with van der Waals surface area (Å²) in [6.07, 6.45) is 3.70. The van der Waals surface area contributed by atoms with E-state index in [1.165, 1.54) is 11.3 Å². The molecule has 0 unspecified atom stereocenters. The van der Waals surface area contributed by atoms with Crippen LogP contribution < -0.4 is 0 Å². The summed E-state index contributed by atoms with van der Waals surface area (Å²) in [5, 5.41) is 8.40. The van der Waals surface area contributed by atoms with Crippen molar-refractivity contribution in [3.8, 4) is 5.69 Å². The largest absolute Gasteiger partial charge is 0.298 e. The van der Waals surface area contributed by atoms with Gasteiger partial charge < -0.3 is 0 Å². The number of hydrogen-bond donors (Lipinski definition) is 0. The van der Waals surface area contributed by atoms with Crippen LogP contribution in [-0.2, 0) is 19.3 Å². The fourth-order valence-corrected chi connectivity index (χ4v) is 2.39. The summed E-state index contributed by atoms with van der Waals surface area (Å²) in [5.74, 6) is 0. The lowest BCUT2D eigenvalue weighted by Crippen LogP contribution is -2.14.